The van der Waals surface area contributed by atoms with Gasteiger partial charge in [0, 0.05) is 0 Å². The molecule has 0 aromatic rings. The molecule has 4 nitrogen and oxygen atoms in total. The first-order valence-corrected chi connectivity index (χ1v) is 10.5. The van der Waals surface area contributed by atoms with Crippen LogP contribution in [0.1, 0.15) is 97.3 Å². The fourth-order valence-corrected chi connectivity index (χ4v) is 3.64. The number of aliphatic hydroxyl groups excluding tert-OH is 1. The van der Waals surface area contributed by atoms with E-state index in [1.807, 2.05) is 0 Å². The molecule has 0 saturated carbocycles. The van der Waals surface area contributed by atoms with Crippen LogP contribution in [0.15, 0.2) is 0 Å². The van der Waals surface area contributed by atoms with Crippen molar-refractivity contribution in [3.05, 3.63) is 0 Å². The van der Waals surface area contributed by atoms with Crippen LogP contribution >= 0.6 is 0 Å². The van der Waals surface area contributed by atoms with E-state index in [1.165, 1.54) is 51.4 Å². The van der Waals surface area contributed by atoms with E-state index in [2.05, 4.69) is 6.92 Å². The molecule has 0 aliphatic carbocycles. The summed E-state index contributed by atoms with van der Waals surface area (Å²) < 4.78 is 32.9. The van der Waals surface area contributed by atoms with Crippen molar-refractivity contribution in [3.63, 3.8) is 0 Å². The third kappa shape index (κ3) is 16.7. The number of rotatable bonds is 15. The van der Waals surface area contributed by atoms with E-state index in [-0.39, 0.29) is 64.2 Å². The minimum atomic E-state index is -4.27. The van der Waals surface area contributed by atoms with Crippen molar-refractivity contribution in [2.45, 2.75) is 109 Å². The Hall–Kier alpha value is 1.51. The van der Waals surface area contributed by atoms with Gasteiger partial charge in [-0.25, -0.2) is 8.42 Å². The molecular formula is C17H35KO4S. The molecule has 0 aliphatic rings. The monoisotopic (exact) mass is 374 g/mol. The van der Waals surface area contributed by atoms with Gasteiger partial charge >= 0.3 is 51.4 Å². The molecule has 0 saturated heterocycles. The SMILES string of the molecule is CCCCCCCCCCCCC(O)CC(CC)S(=O)(=O)[O-].[K+]. The molecule has 134 valence electrons. The van der Waals surface area contributed by atoms with Gasteiger partial charge in [0.15, 0.2) is 0 Å². The molecule has 0 aromatic heterocycles. The second-order valence-corrected chi connectivity index (χ2v) is 8.04. The second-order valence-electron chi connectivity index (χ2n) is 6.38. The maximum atomic E-state index is 11.0. The largest absolute Gasteiger partial charge is 1.00 e. The normalized spacial score (nSPS) is 14.3. The Morgan fingerprint density at radius 3 is 1.70 bits per heavy atom. The first kappa shape index (κ1) is 26.7. The van der Waals surface area contributed by atoms with Gasteiger partial charge in [0.1, 0.15) is 0 Å². The van der Waals surface area contributed by atoms with E-state index in [0.717, 1.165) is 12.8 Å². The van der Waals surface area contributed by atoms with Gasteiger partial charge in [-0.05, 0) is 19.3 Å². The Morgan fingerprint density at radius 1 is 0.870 bits per heavy atom. The van der Waals surface area contributed by atoms with Gasteiger partial charge in [-0.15, -0.1) is 0 Å². The van der Waals surface area contributed by atoms with Crippen molar-refractivity contribution in [1.82, 2.24) is 0 Å². The average molecular weight is 375 g/mol. The third-order valence-corrected chi connectivity index (χ3v) is 5.63. The van der Waals surface area contributed by atoms with Gasteiger partial charge in [0.2, 0.25) is 0 Å². The molecule has 23 heavy (non-hydrogen) atoms. The summed E-state index contributed by atoms with van der Waals surface area (Å²) >= 11 is 0. The van der Waals surface area contributed by atoms with Crippen LogP contribution in [0.3, 0.4) is 0 Å². The van der Waals surface area contributed by atoms with E-state index < -0.39 is 21.5 Å². The minimum absolute atomic E-state index is 0. The molecule has 0 rings (SSSR count). The zero-order valence-corrected chi connectivity index (χ0v) is 19.4. The zero-order valence-electron chi connectivity index (χ0n) is 15.4. The standard InChI is InChI=1S/C17H36O4S.K/c1-3-5-6-7-8-9-10-11-12-13-14-16(18)15-17(4-2)22(19,20)21;/h16-18H,3-15H2,1-2H3,(H,19,20,21);/q;+1/p-1. The Balaban J connectivity index is 0. The molecule has 0 amide bonds. The molecule has 1 N–H and O–H groups in total. The van der Waals surface area contributed by atoms with Gasteiger partial charge in [0.05, 0.1) is 21.5 Å². The fourth-order valence-electron chi connectivity index (χ4n) is 2.78. The second kappa shape index (κ2) is 16.9. The molecule has 2 atom stereocenters. The summed E-state index contributed by atoms with van der Waals surface area (Å²) in [4.78, 5) is 0. The van der Waals surface area contributed by atoms with E-state index in [0.29, 0.717) is 6.42 Å². The maximum Gasteiger partial charge on any atom is 1.00 e. The predicted octanol–water partition coefficient (Wildman–Crippen LogP) is 1.38. The average Bonchev–Trinajstić information content (AvgIpc) is 2.45. The first-order chi connectivity index (χ1) is 10.4. The molecule has 0 spiro atoms. The van der Waals surface area contributed by atoms with Crippen molar-refractivity contribution < 1.29 is 69.5 Å². The van der Waals surface area contributed by atoms with E-state index in [9.17, 15) is 18.1 Å². The molecular weight excluding hydrogens is 339 g/mol. The molecule has 6 heteroatoms. The Morgan fingerprint density at radius 2 is 1.30 bits per heavy atom. The molecule has 0 fully saturated rings. The number of hydrogen-bond donors (Lipinski definition) is 1. The van der Waals surface area contributed by atoms with Crippen molar-refractivity contribution in [2.75, 3.05) is 0 Å². The maximum absolute atomic E-state index is 11.0. The summed E-state index contributed by atoms with van der Waals surface area (Å²) in [5, 5.41) is 8.89. The summed E-state index contributed by atoms with van der Waals surface area (Å²) in [7, 11) is -4.27. The minimum Gasteiger partial charge on any atom is -0.748 e. The summed E-state index contributed by atoms with van der Waals surface area (Å²) in [6.45, 7) is 3.90. The van der Waals surface area contributed by atoms with Crippen LogP contribution in [0.2, 0.25) is 0 Å². The molecule has 0 radical (unpaired) electrons. The summed E-state index contributed by atoms with van der Waals surface area (Å²) in [6.07, 6.45) is 12.6. The Labute approximate surface area is 186 Å². The number of hydrogen-bond acceptors (Lipinski definition) is 4. The van der Waals surface area contributed by atoms with Crippen molar-refractivity contribution in [1.29, 1.82) is 0 Å². The van der Waals surface area contributed by atoms with Crippen LogP contribution in [0, 0.1) is 0 Å². The van der Waals surface area contributed by atoms with Gasteiger partial charge in [-0.2, -0.15) is 0 Å². The van der Waals surface area contributed by atoms with E-state index in [1.54, 1.807) is 6.92 Å². The Bertz CT molecular complexity index is 347. The third-order valence-electron chi connectivity index (χ3n) is 4.29. The number of aliphatic hydroxyl groups is 1. The zero-order chi connectivity index (χ0) is 16.8. The van der Waals surface area contributed by atoms with Crippen molar-refractivity contribution >= 4 is 10.1 Å². The van der Waals surface area contributed by atoms with Crippen molar-refractivity contribution in [3.8, 4) is 0 Å². The predicted molar refractivity (Wildman–Crippen MR) is 90.9 cm³/mol. The van der Waals surface area contributed by atoms with E-state index >= 15 is 0 Å². The Kier molecular flexibility index (Phi) is 19.7. The molecule has 0 heterocycles. The molecule has 0 aromatic carbocycles. The van der Waals surface area contributed by atoms with Crippen LogP contribution in [-0.2, 0) is 10.1 Å². The first-order valence-electron chi connectivity index (χ1n) is 9.04. The van der Waals surface area contributed by atoms with Crippen LogP contribution in [0.5, 0.6) is 0 Å². The quantitative estimate of drug-likeness (QED) is 0.267. The molecule has 0 bridgehead atoms. The smallest absolute Gasteiger partial charge is 0.748 e. The van der Waals surface area contributed by atoms with Crippen molar-refractivity contribution in [2.24, 2.45) is 0 Å². The van der Waals surface area contributed by atoms with Crippen LogP contribution in [0.25, 0.3) is 0 Å². The molecule has 2 unspecified atom stereocenters. The summed E-state index contributed by atoms with van der Waals surface area (Å²) in [6, 6.07) is 0. The van der Waals surface area contributed by atoms with Gasteiger partial charge in [-0.1, -0.05) is 78.1 Å². The van der Waals surface area contributed by atoms with Gasteiger partial charge in [-0.3, -0.25) is 0 Å². The number of unbranched alkanes of at least 4 members (excludes halogenated alkanes) is 9. The molecule has 0 aliphatic heterocycles. The topological polar surface area (TPSA) is 77.4 Å². The summed E-state index contributed by atoms with van der Waals surface area (Å²) in [5.41, 5.74) is 0. The van der Waals surface area contributed by atoms with Crippen LogP contribution < -0.4 is 51.4 Å². The van der Waals surface area contributed by atoms with Crippen LogP contribution in [0.4, 0.5) is 0 Å². The fraction of sp³-hybridized carbons (Fsp3) is 1.00. The summed E-state index contributed by atoms with van der Waals surface area (Å²) in [5.74, 6) is 0. The van der Waals surface area contributed by atoms with E-state index in [4.69, 9.17) is 0 Å². The van der Waals surface area contributed by atoms with Gasteiger partial charge < -0.3 is 9.66 Å². The van der Waals surface area contributed by atoms with Gasteiger partial charge in [0.25, 0.3) is 0 Å². The van der Waals surface area contributed by atoms with Crippen LogP contribution in [-0.4, -0.2) is 29.4 Å².